The first kappa shape index (κ1) is 20.4. The summed E-state index contributed by atoms with van der Waals surface area (Å²) in [6, 6.07) is 24.5. The average molecular weight is 426 g/mol. The monoisotopic (exact) mass is 425 g/mol. The highest BCUT2D eigenvalue weighted by atomic mass is 16.5. The van der Waals surface area contributed by atoms with Crippen molar-refractivity contribution in [3.8, 4) is 5.75 Å². The van der Waals surface area contributed by atoms with E-state index < -0.39 is 0 Å². The van der Waals surface area contributed by atoms with Crippen LogP contribution in [0.3, 0.4) is 0 Å². The van der Waals surface area contributed by atoms with E-state index in [9.17, 15) is 4.79 Å². The lowest BCUT2D eigenvalue weighted by Gasteiger charge is -2.38. The summed E-state index contributed by atoms with van der Waals surface area (Å²) in [6.45, 7) is 2.74. The van der Waals surface area contributed by atoms with Crippen LogP contribution in [-0.2, 0) is 11.3 Å². The Kier molecular flexibility index (Phi) is 5.68. The van der Waals surface area contributed by atoms with Crippen LogP contribution >= 0.6 is 0 Å². The van der Waals surface area contributed by atoms with Gasteiger partial charge in [0.1, 0.15) is 12.4 Å². The van der Waals surface area contributed by atoms with Crippen LogP contribution < -0.4 is 10.1 Å². The summed E-state index contributed by atoms with van der Waals surface area (Å²) < 4.78 is 11.5. The third kappa shape index (κ3) is 3.89. The van der Waals surface area contributed by atoms with Crippen LogP contribution in [0.5, 0.6) is 5.75 Å². The van der Waals surface area contributed by atoms with Crippen LogP contribution in [0.15, 0.2) is 84.9 Å². The molecule has 3 aromatic rings. The van der Waals surface area contributed by atoms with Gasteiger partial charge < -0.3 is 14.8 Å². The van der Waals surface area contributed by atoms with Gasteiger partial charge >= 0.3 is 5.97 Å². The molecule has 0 spiro atoms. The predicted octanol–water partition coefficient (Wildman–Crippen LogP) is 6.27. The van der Waals surface area contributed by atoms with Crippen molar-refractivity contribution in [3.05, 3.63) is 107 Å². The molecule has 162 valence electrons. The van der Waals surface area contributed by atoms with E-state index in [0.717, 1.165) is 29.0 Å². The van der Waals surface area contributed by atoms with Gasteiger partial charge in [-0.1, -0.05) is 60.7 Å². The molecule has 3 aromatic carbocycles. The van der Waals surface area contributed by atoms with E-state index in [0.29, 0.717) is 24.7 Å². The van der Waals surface area contributed by atoms with Gasteiger partial charge in [-0.05, 0) is 54.7 Å². The summed E-state index contributed by atoms with van der Waals surface area (Å²) in [4.78, 5) is 12.3. The van der Waals surface area contributed by atoms with Crippen molar-refractivity contribution in [3.63, 3.8) is 0 Å². The van der Waals surface area contributed by atoms with Gasteiger partial charge in [-0.2, -0.15) is 0 Å². The van der Waals surface area contributed by atoms with Crippen LogP contribution in [0.1, 0.15) is 52.4 Å². The molecule has 1 aliphatic heterocycles. The maximum Gasteiger partial charge on any atom is 0.338 e. The van der Waals surface area contributed by atoms with Crippen LogP contribution in [0.4, 0.5) is 5.69 Å². The third-order valence-electron chi connectivity index (χ3n) is 6.37. The Morgan fingerprint density at radius 1 is 1.00 bits per heavy atom. The predicted molar refractivity (Wildman–Crippen MR) is 126 cm³/mol. The minimum atomic E-state index is -0.268. The number of carbonyl (C=O) groups excluding carboxylic acids is 1. The third-order valence-corrected chi connectivity index (χ3v) is 6.37. The number of para-hydroxylation sites is 1. The number of anilines is 1. The maximum absolute atomic E-state index is 12.3. The first-order valence-electron chi connectivity index (χ1n) is 11.2. The van der Waals surface area contributed by atoms with Gasteiger partial charge in [0.15, 0.2) is 0 Å². The van der Waals surface area contributed by atoms with Crippen molar-refractivity contribution in [2.75, 3.05) is 11.9 Å². The van der Waals surface area contributed by atoms with Crippen molar-refractivity contribution >= 4 is 11.7 Å². The van der Waals surface area contributed by atoms with Crippen LogP contribution in [0.2, 0.25) is 0 Å². The number of hydrogen-bond acceptors (Lipinski definition) is 4. The number of hydrogen-bond donors (Lipinski definition) is 1. The quantitative estimate of drug-likeness (QED) is 0.374. The Balaban J connectivity index is 1.45. The smallest absolute Gasteiger partial charge is 0.338 e. The van der Waals surface area contributed by atoms with Gasteiger partial charge in [-0.25, -0.2) is 4.79 Å². The molecule has 0 unspecified atom stereocenters. The van der Waals surface area contributed by atoms with Crippen molar-refractivity contribution in [1.82, 2.24) is 0 Å². The molecular formula is C28H27NO3. The fourth-order valence-electron chi connectivity index (χ4n) is 4.85. The van der Waals surface area contributed by atoms with E-state index in [-0.39, 0.29) is 17.9 Å². The lowest BCUT2D eigenvalue weighted by molar-refractivity contribution is 0.0526. The van der Waals surface area contributed by atoms with E-state index in [1.165, 1.54) is 5.56 Å². The molecule has 2 aliphatic rings. The number of allylic oxidation sites excluding steroid dienone is 2. The second kappa shape index (κ2) is 8.91. The van der Waals surface area contributed by atoms with Gasteiger partial charge in [0, 0.05) is 17.2 Å². The fraction of sp³-hybridized carbons (Fsp3) is 0.250. The maximum atomic E-state index is 12.3. The summed E-state index contributed by atoms with van der Waals surface area (Å²) in [5, 5.41) is 3.75. The number of benzene rings is 3. The second-order valence-corrected chi connectivity index (χ2v) is 8.31. The highest BCUT2D eigenvalue weighted by Crippen LogP contribution is 2.51. The Morgan fingerprint density at radius 3 is 2.66 bits per heavy atom. The Morgan fingerprint density at radius 2 is 1.81 bits per heavy atom. The largest absolute Gasteiger partial charge is 0.489 e. The summed E-state index contributed by atoms with van der Waals surface area (Å²) in [5.41, 5.74) is 5.15. The molecule has 0 saturated heterocycles. The van der Waals surface area contributed by atoms with Gasteiger partial charge in [0.05, 0.1) is 18.2 Å². The molecule has 0 amide bonds. The van der Waals surface area contributed by atoms with Crippen LogP contribution in [0, 0.1) is 5.92 Å². The highest BCUT2D eigenvalue weighted by Gasteiger charge is 2.39. The first-order valence-corrected chi connectivity index (χ1v) is 11.2. The SMILES string of the molecule is CCOC(=O)c1ccc2c(c1)[C@H]1C=CC[C@H]1[C@H](c1ccccc1OCc1ccccc1)N2. The number of rotatable bonds is 6. The lowest BCUT2D eigenvalue weighted by atomic mass is 9.76. The highest BCUT2D eigenvalue weighted by molar-refractivity contribution is 5.90. The van der Waals surface area contributed by atoms with E-state index in [2.05, 4.69) is 47.8 Å². The van der Waals surface area contributed by atoms with Crippen molar-refractivity contribution < 1.29 is 14.3 Å². The van der Waals surface area contributed by atoms with Gasteiger partial charge in [-0.3, -0.25) is 0 Å². The molecule has 4 nitrogen and oxygen atoms in total. The molecule has 0 bridgehead atoms. The van der Waals surface area contributed by atoms with Crippen molar-refractivity contribution in [1.29, 1.82) is 0 Å². The Bertz CT molecular complexity index is 1140. The molecular weight excluding hydrogens is 398 g/mol. The van der Waals surface area contributed by atoms with Crippen molar-refractivity contribution in [2.24, 2.45) is 5.92 Å². The summed E-state index contributed by atoms with van der Waals surface area (Å²) in [7, 11) is 0. The lowest BCUT2D eigenvalue weighted by Crippen LogP contribution is -2.29. The minimum Gasteiger partial charge on any atom is -0.489 e. The van der Waals surface area contributed by atoms with E-state index in [1.54, 1.807) is 0 Å². The van der Waals surface area contributed by atoms with E-state index in [1.807, 2.05) is 49.4 Å². The number of fused-ring (bicyclic) bond motifs is 3. The van der Waals surface area contributed by atoms with Crippen LogP contribution in [0.25, 0.3) is 0 Å². The summed E-state index contributed by atoms with van der Waals surface area (Å²) in [6.07, 6.45) is 5.52. The fourth-order valence-corrected chi connectivity index (χ4v) is 4.85. The molecule has 3 atom stereocenters. The molecule has 1 aliphatic carbocycles. The standard InChI is InChI=1S/C28H27NO3/c1-2-31-28(30)20-15-16-25-24(17-20)21-12-8-13-22(21)27(29-25)23-11-6-7-14-26(23)32-18-19-9-4-3-5-10-19/h3-12,14-17,21-22,27,29H,2,13,18H2,1H3/t21-,22+,27+/m0/s1. The van der Waals surface area contributed by atoms with Gasteiger partial charge in [0.2, 0.25) is 0 Å². The first-order chi connectivity index (χ1) is 15.7. The normalized spacial score (nSPS) is 20.7. The topological polar surface area (TPSA) is 47.6 Å². The minimum absolute atomic E-state index is 0.128. The molecule has 0 fully saturated rings. The number of ether oxygens (including phenoxy) is 2. The molecule has 4 heteroatoms. The van der Waals surface area contributed by atoms with Gasteiger partial charge in [-0.15, -0.1) is 0 Å². The summed E-state index contributed by atoms with van der Waals surface area (Å²) >= 11 is 0. The molecule has 32 heavy (non-hydrogen) atoms. The number of carbonyl (C=O) groups is 1. The molecule has 0 saturated carbocycles. The van der Waals surface area contributed by atoms with Gasteiger partial charge in [0.25, 0.3) is 0 Å². The van der Waals surface area contributed by atoms with E-state index in [4.69, 9.17) is 9.47 Å². The van der Waals surface area contributed by atoms with Crippen LogP contribution in [-0.4, -0.2) is 12.6 Å². The van der Waals surface area contributed by atoms with E-state index >= 15 is 0 Å². The summed E-state index contributed by atoms with van der Waals surface area (Å²) in [5.74, 6) is 1.26. The molecule has 1 heterocycles. The molecule has 0 radical (unpaired) electrons. The zero-order chi connectivity index (χ0) is 21.9. The van der Waals surface area contributed by atoms with Crippen molar-refractivity contribution in [2.45, 2.75) is 31.9 Å². The second-order valence-electron chi connectivity index (χ2n) is 8.31. The molecule has 0 aromatic heterocycles. The number of nitrogens with one attached hydrogen (secondary N) is 1. The zero-order valence-corrected chi connectivity index (χ0v) is 18.2. The zero-order valence-electron chi connectivity index (χ0n) is 18.2. The number of esters is 1. The Labute approximate surface area is 188 Å². The Hall–Kier alpha value is -3.53. The average Bonchev–Trinajstić information content (AvgIpc) is 3.33. The molecule has 1 N–H and O–H groups in total. The molecule has 5 rings (SSSR count).